The zero-order valence-corrected chi connectivity index (χ0v) is 15.4. The fourth-order valence-corrected chi connectivity index (χ4v) is 2.89. The number of nitrogens with zero attached hydrogens (tertiary/aromatic N) is 3. The number of rotatable bonds is 5. The first kappa shape index (κ1) is 18.8. The third-order valence-electron chi connectivity index (χ3n) is 3.80. The van der Waals surface area contributed by atoms with Crippen LogP contribution < -0.4 is 4.74 Å². The fourth-order valence-electron chi connectivity index (χ4n) is 2.75. The zero-order valence-electron chi connectivity index (χ0n) is 14.6. The highest BCUT2D eigenvalue weighted by Gasteiger charge is 2.30. The van der Waals surface area contributed by atoms with Gasteiger partial charge in [0.2, 0.25) is 5.88 Å². The van der Waals surface area contributed by atoms with Crippen molar-refractivity contribution >= 4 is 17.7 Å². The molecule has 1 atom stereocenters. The lowest BCUT2D eigenvalue weighted by Gasteiger charge is -2.36. The van der Waals surface area contributed by atoms with Crippen molar-refractivity contribution < 1.29 is 14.3 Å². The number of ether oxygens (including phenoxy) is 2. The third kappa shape index (κ3) is 6.15. The van der Waals surface area contributed by atoms with E-state index in [9.17, 15) is 4.79 Å². The summed E-state index contributed by atoms with van der Waals surface area (Å²) in [7, 11) is 0. The first-order chi connectivity index (χ1) is 11.3. The maximum atomic E-state index is 12.4. The Balaban J connectivity index is 1.79. The Morgan fingerprint density at radius 1 is 1.38 bits per heavy atom. The van der Waals surface area contributed by atoms with Gasteiger partial charge < -0.3 is 14.4 Å². The van der Waals surface area contributed by atoms with Crippen LogP contribution in [-0.4, -0.2) is 45.8 Å². The SMILES string of the molecule is CC(C)(C)OC(=O)N1CCCC[C@H]1CCCOc1cc(Cl)ncn1. The van der Waals surface area contributed by atoms with E-state index in [2.05, 4.69) is 9.97 Å². The molecule has 7 heteroatoms. The molecule has 1 aromatic heterocycles. The minimum atomic E-state index is -0.464. The summed E-state index contributed by atoms with van der Waals surface area (Å²) >= 11 is 5.80. The number of hydrogen-bond donors (Lipinski definition) is 0. The molecule has 1 fully saturated rings. The molecular formula is C17H26ClN3O3. The van der Waals surface area contributed by atoms with E-state index < -0.39 is 5.60 Å². The van der Waals surface area contributed by atoms with Crippen LogP contribution in [0.3, 0.4) is 0 Å². The minimum absolute atomic E-state index is 0.212. The summed E-state index contributed by atoms with van der Waals surface area (Å²) in [6.07, 6.45) is 6.08. The lowest BCUT2D eigenvalue weighted by molar-refractivity contribution is 0.00822. The molecule has 0 radical (unpaired) electrons. The summed E-state index contributed by atoms with van der Waals surface area (Å²) in [5, 5.41) is 0.364. The summed E-state index contributed by atoms with van der Waals surface area (Å²) < 4.78 is 11.1. The zero-order chi connectivity index (χ0) is 17.6. The highest BCUT2D eigenvalue weighted by molar-refractivity contribution is 6.29. The van der Waals surface area contributed by atoms with E-state index in [4.69, 9.17) is 21.1 Å². The number of aromatic nitrogens is 2. The van der Waals surface area contributed by atoms with Gasteiger partial charge in [-0.05, 0) is 52.9 Å². The molecule has 2 rings (SSSR count). The molecule has 1 saturated heterocycles. The van der Waals surface area contributed by atoms with E-state index >= 15 is 0 Å². The van der Waals surface area contributed by atoms with Gasteiger partial charge in [-0.3, -0.25) is 0 Å². The molecule has 0 unspecified atom stereocenters. The summed E-state index contributed by atoms with van der Waals surface area (Å²) in [6, 6.07) is 1.81. The van der Waals surface area contributed by atoms with Crippen LogP contribution in [0.2, 0.25) is 5.15 Å². The molecule has 0 aromatic carbocycles. The van der Waals surface area contributed by atoms with Gasteiger partial charge in [-0.1, -0.05) is 11.6 Å². The van der Waals surface area contributed by atoms with E-state index in [1.54, 1.807) is 6.07 Å². The van der Waals surface area contributed by atoms with E-state index in [-0.39, 0.29) is 12.1 Å². The van der Waals surface area contributed by atoms with Crippen molar-refractivity contribution in [3.05, 3.63) is 17.5 Å². The third-order valence-corrected chi connectivity index (χ3v) is 4.00. The Morgan fingerprint density at radius 2 is 2.17 bits per heavy atom. The molecule has 0 spiro atoms. The van der Waals surface area contributed by atoms with Gasteiger partial charge in [-0.25, -0.2) is 14.8 Å². The van der Waals surface area contributed by atoms with Gasteiger partial charge in [0.25, 0.3) is 0 Å². The topological polar surface area (TPSA) is 64.5 Å². The minimum Gasteiger partial charge on any atom is -0.478 e. The number of carbonyl (C=O) groups is 1. The van der Waals surface area contributed by atoms with E-state index in [0.29, 0.717) is 17.6 Å². The molecule has 1 aliphatic heterocycles. The molecule has 6 nitrogen and oxygen atoms in total. The summed E-state index contributed by atoms with van der Waals surface area (Å²) in [6.45, 7) is 6.98. The summed E-state index contributed by atoms with van der Waals surface area (Å²) in [5.41, 5.74) is -0.464. The van der Waals surface area contributed by atoms with E-state index in [0.717, 1.165) is 38.6 Å². The van der Waals surface area contributed by atoms with Crippen LogP contribution in [0.25, 0.3) is 0 Å². The van der Waals surface area contributed by atoms with Crippen LogP contribution in [0.4, 0.5) is 4.79 Å². The van der Waals surface area contributed by atoms with Crippen LogP contribution in [-0.2, 0) is 4.74 Å². The Bertz CT molecular complexity index is 548. The monoisotopic (exact) mass is 355 g/mol. The van der Waals surface area contributed by atoms with Crippen LogP contribution in [0.15, 0.2) is 12.4 Å². The molecule has 2 heterocycles. The van der Waals surface area contributed by atoms with E-state index in [1.807, 2.05) is 25.7 Å². The number of likely N-dealkylation sites (tertiary alicyclic amines) is 1. The second kappa shape index (κ2) is 8.51. The Kier molecular flexibility index (Phi) is 6.66. The van der Waals surface area contributed by atoms with Gasteiger partial charge in [0.15, 0.2) is 0 Å². The Morgan fingerprint density at radius 3 is 2.88 bits per heavy atom. The largest absolute Gasteiger partial charge is 0.478 e. The van der Waals surface area contributed by atoms with Gasteiger partial charge in [0.05, 0.1) is 6.61 Å². The first-order valence-electron chi connectivity index (χ1n) is 8.45. The fraction of sp³-hybridized carbons (Fsp3) is 0.706. The molecule has 24 heavy (non-hydrogen) atoms. The van der Waals surface area contributed by atoms with Gasteiger partial charge >= 0.3 is 6.09 Å². The quantitative estimate of drug-likeness (QED) is 0.588. The van der Waals surface area contributed by atoms with Crippen molar-refractivity contribution in [2.75, 3.05) is 13.2 Å². The number of hydrogen-bond acceptors (Lipinski definition) is 5. The van der Waals surface area contributed by atoms with Crippen molar-refractivity contribution in [2.45, 2.75) is 64.5 Å². The number of piperidine rings is 1. The molecular weight excluding hydrogens is 330 g/mol. The molecule has 1 aromatic rings. The van der Waals surface area contributed by atoms with Gasteiger partial charge in [-0.15, -0.1) is 0 Å². The number of halogens is 1. The van der Waals surface area contributed by atoms with Crippen molar-refractivity contribution in [1.29, 1.82) is 0 Å². The molecule has 0 aliphatic carbocycles. The average molecular weight is 356 g/mol. The van der Waals surface area contributed by atoms with Crippen molar-refractivity contribution in [3.63, 3.8) is 0 Å². The number of carbonyl (C=O) groups excluding carboxylic acids is 1. The van der Waals surface area contributed by atoms with Crippen molar-refractivity contribution in [2.24, 2.45) is 0 Å². The highest BCUT2D eigenvalue weighted by Crippen LogP contribution is 2.23. The maximum absolute atomic E-state index is 12.4. The van der Waals surface area contributed by atoms with Crippen LogP contribution in [0, 0.1) is 0 Å². The average Bonchev–Trinajstić information content (AvgIpc) is 2.50. The van der Waals surface area contributed by atoms with E-state index in [1.165, 1.54) is 6.33 Å². The summed E-state index contributed by atoms with van der Waals surface area (Å²) in [5.74, 6) is 0.475. The second-order valence-corrected chi connectivity index (χ2v) is 7.38. The standard InChI is InChI=1S/C17H26ClN3O3/c1-17(2,3)24-16(22)21-9-5-4-7-13(21)8-6-10-23-15-11-14(18)19-12-20-15/h11-13H,4-10H2,1-3H3/t13-/m0/s1. The molecule has 0 N–H and O–H groups in total. The van der Waals surface area contributed by atoms with Gasteiger partial charge in [0.1, 0.15) is 17.1 Å². The lowest BCUT2D eigenvalue weighted by atomic mass is 9.98. The van der Waals surface area contributed by atoms with Crippen LogP contribution >= 0.6 is 11.6 Å². The highest BCUT2D eigenvalue weighted by atomic mass is 35.5. The van der Waals surface area contributed by atoms with Crippen molar-refractivity contribution in [1.82, 2.24) is 14.9 Å². The Labute approximate surface area is 148 Å². The predicted octanol–water partition coefficient (Wildman–Crippen LogP) is 4.08. The molecule has 0 bridgehead atoms. The smallest absolute Gasteiger partial charge is 0.410 e. The van der Waals surface area contributed by atoms with Crippen LogP contribution in [0.5, 0.6) is 5.88 Å². The number of amides is 1. The van der Waals surface area contributed by atoms with Gasteiger partial charge in [0, 0.05) is 18.7 Å². The maximum Gasteiger partial charge on any atom is 0.410 e. The van der Waals surface area contributed by atoms with Gasteiger partial charge in [-0.2, -0.15) is 0 Å². The first-order valence-corrected chi connectivity index (χ1v) is 8.83. The van der Waals surface area contributed by atoms with Crippen molar-refractivity contribution in [3.8, 4) is 5.88 Å². The molecule has 134 valence electrons. The molecule has 1 aliphatic rings. The lowest BCUT2D eigenvalue weighted by Crippen LogP contribution is -2.46. The second-order valence-electron chi connectivity index (χ2n) is 6.99. The Hall–Kier alpha value is -1.56. The normalized spacial score (nSPS) is 18.3. The molecule has 0 saturated carbocycles. The van der Waals surface area contributed by atoms with Crippen LogP contribution in [0.1, 0.15) is 52.9 Å². The predicted molar refractivity (Wildman–Crippen MR) is 92.4 cm³/mol. The summed E-state index contributed by atoms with van der Waals surface area (Å²) in [4.78, 5) is 22.0. The molecule has 1 amide bonds.